The van der Waals surface area contributed by atoms with Gasteiger partial charge in [-0.25, -0.2) is 0 Å². The molecule has 7 nitrogen and oxygen atoms in total. The number of carbonyl (C=O) groups excluding carboxylic acids is 1. The van der Waals surface area contributed by atoms with Crippen molar-refractivity contribution in [1.29, 1.82) is 0 Å². The minimum atomic E-state index is -0.454. The third-order valence-electron chi connectivity index (χ3n) is 4.57. The van der Waals surface area contributed by atoms with Crippen molar-refractivity contribution in [1.82, 2.24) is 4.90 Å². The van der Waals surface area contributed by atoms with E-state index in [4.69, 9.17) is 5.73 Å². The number of hydrogen-bond acceptors (Lipinski definition) is 5. The molecule has 0 aromatic heterocycles. The number of nitro benzene ring substituents is 1. The van der Waals surface area contributed by atoms with Crippen LogP contribution in [0, 0.1) is 15.5 Å². The molecule has 0 spiro atoms. The molecule has 1 saturated heterocycles. The maximum absolute atomic E-state index is 12.4. The van der Waals surface area contributed by atoms with Crippen molar-refractivity contribution in [2.75, 3.05) is 31.6 Å². The maximum atomic E-state index is 12.4. The van der Waals surface area contributed by atoms with Crippen LogP contribution in [0.5, 0.6) is 0 Å². The van der Waals surface area contributed by atoms with E-state index in [1.54, 1.807) is 19.2 Å². The number of likely N-dealkylation sites (tertiary alicyclic amines) is 1. The Labute approximate surface area is 148 Å². The number of hydrogen-bond donors (Lipinski definition) is 1. The van der Waals surface area contributed by atoms with Crippen LogP contribution in [0.3, 0.4) is 0 Å². The standard InChI is InChI=1S/C16H24N4O3.ClH/c1-16(2)11-19(9-8-14(16)17)10-15(21)18(3)12-4-6-13(7-5-12)20(22)23;/h4-7,14H,8-11,17H2,1-3H3;1H. The highest BCUT2D eigenvalue weighted by Crippen LogP contribution is 2.27. The van der Waals surface area contributed by atoms with Crippen LogP contribution in [0.4, 0.5) is 11.4 Å². The van der Waals surface area contributed by atoms with Gasteiger partial charge in [0.05, 0.1) is 11.5 Å². The van der Waals surface area contributed by atoms with Crippen molar-refractivity contribution in [3.05, 3.63) is 34.4 Å². The molecule has 1 atom stereocenters. The zero-order valence-electron chi connectivity index (χ0n) is 14.3. The Balaban J connectivity index is 0.00000288. The lowest BCUT2D eigenvalue weighted by atomic mass is 9.80. The van der Waals surface area contributed by atoms with Crippen molar-refractivity contribution < 1.29 is 9.72 Å². The lowest BCUT2D eigenvalue weighted by Crippen LogP contribution is -2.54. The SMILES string of the molecule is CN(C(=O)CN1CCC(N)C(C)(C)C1)c1ccc([N+](=O)[O-])cc1.Cl. The lowest BCUT2D eigenvalue weighted by Gasteiger charge is -2.42. The van der Waals surface area contributed by atoms with Crippen molar-refractivity contribution in [3.63, 3.8) is 0 Å². The average molecular weight is 357 g/mol. The van der Waals surface area contributed by atoms with Gasteiger partial charge in [0.25, 0.3) is 5.69 Å². The second-order valence-electron chi connectivity index (χ2n) is 6.82. The van der Waals surface area contributed by atoms with Crippen LogP contribution >= 0.6 is 12.4 Å². The summed E-state index contributed by atoms with van der Waals surface area (Å²) in [5, 5.41) is 10.7. The van der Waals surface area contributed by atoms with Gasteiger partial charge in [-0.05, 0) is 24.0 Å². The first-order chi connectivity index (χ1) is 10.7. The van der Waals surface area contributed by atoms with Gasteiger partial charge in [-0.1, -0.05) is 13.8 Å². The molecule has 24 heavy (non-hydrogen) atoms. The molecule has 1 amide bonds. The molecule has 1 aliphatic heterocycles. The van der Waals surface area contributed by atoms with E-state index in [2.05, 4.69) is 18.7 Å². The summed E-state index contributed by atoms with van der Waals surface area (Å²) in [6.07, 6.45) is 0.877. The van der Waals surface area contributed by atoms with Crippen LogP contribution in [-0.4, -0.2) is 48.5 Å². The highest BCUT2D eigenvalue weighted by molar-refractivity contribution is 5.94. The van der Waals surface area contributed by atoms with Gasteiger partial charge in [0.1, 0.15) is 0 Å². The van der Waals surface area contributed by atoms with E-state index in [0.717, 1.165) is 19.5 Å². The Kier molecular flexibility index (Phi) is 6.71. The fourth-order valence-corrected chi connectivity index (χ4v) is 2.86. The van der Waals surface area contributed by atoms with E-state index < -0.39 is 4.92 Å². The third kappa shape index (κ3) is 4.66. The summed E-state index contributed by atoms with van der Waals surface area (Å²) in [5.41, 5.74) is 6.77. The molecule has 2 rings (SSSR count). The number of anilines is 1. The van der Waals surface area contributed by atoms with Gasteiger partial charge in [0, 0.05) is 44.0 Å². The summed E-state index contributed by atoms with van der Waals surface area (Å²) in [7, 11) is 1.68. The number of halogens is 1. The van der Waals surface area contributed by atoms with Gasteiger partial charge >= 0.3 is 0 Å². The number of benzene rings is 1. The van der Waals surface area contributed by atoms with Gasteiger partial charge in [0.2, 0.25) is 5.91 Å². The van der Waals surface area contributed by atoms with Gasteiger partial charge in [-0.2, -0.15) is 0 Å². The summed E-state index contributed by atoms with van der Waals surface area (Å²) >= 11 is 0. The predicted molar refractivity (Wildman–Crippen MR) is 96.6 cm³/mol. The molecule has 1 unspecified atom stereocenters. The Bertz CT molecular complexity index is 591. The Morgan fingerprint density at radius 1 is 1.42 bits per heavy atom. The molecule has 1 aliphatic rings. The van der Waals surface area contributed by atoms with E-state index in [1.165, 1.54) is 17.0 Å². The van der Waals surface area contributed by atoms with Crippen molar-refractivity contribution >= 4 is 29.7 Å². The zero-order chi connectivity index (χ0) is 17.2. The van der Waals surface area contributed by atoms with Crippen LogP contribution in [0.2, 0.25) is 0 Å². The molecule has 8 heteroatoms. The summed E-state index contributed by atoms with van der Waals surface area (Å²) in [4.78, 5) is 26.3. The molecule has 134 valence electrons. The van der Waals surface area contributed by atoms with Crippen molar-refractivity contribution in [3.8, 4) is 0 Å². The third-order valence-corrected chi connectivity index (χ3v) is 4.57. The number of nitro groups is 1. The fraction of sp³-hybridized carbons (Fsp3) is 0.562. The van der Waals surface area contributed by atoms with E-state index in [9.17, 15) is 14.9 Å². The summed E-state index contributed by atoms with van der Waals surface area (Å²) in [6.45, 7) is 6.16. The number of rotatable bonds is 4. The van der Waals surface area contributed by atoms with Gasteiger partial charge in [-0.15, -0.1) is 12.4 Å². The second kappa shape index (κ2) is 7.92. The van der Waals surface area contributed by atoms with Crippen molar-refractivity contribution in [2.45, 2.75) is 26.3 Å². The maximum Gasteiger partial charge on any atom is 0.269 e. The van der Waals surface area contributed by atoms with E-state index >= 15 is 0 Å². The Hall–Kier alpha value is -1.70. The zero-order valence-corrected chi connectivity index (χ0v) is 15.1. The number of nitrogens with zero attached hydrogens (tertiary/aromatic N) is 3. The normalized spacial score (nSPS) is 20.1. The molecule has 1 heterocycles. The second-order valence-corrected chi connectivity index (χ2v) is 6.82. The van der Waals surface area contributed by atoms with Crippen LogP contribution in [0.1, 0.15) is 20.3 Å². The van der Waals surface area contributed by atoms with Crippen LogP contribution in [0.25, 0.3) is 0 Å². The average Bonchev–Trinajstić information content (AvgIpc) is 2.50. The highest BCUT2D eigenvalue weighted by Gasteiger charge is 2.34. The number of amides is 1. The van der Waals surface area contributed by atoms with E-state index in [0.29, 0.717) is 12.2 Å². The molecule has 1 fully saturated rings. The van der Waals surface area contributed by atoms with Gasteiger partial charge in [0.15, 0.2) is 0 Å². The quantitative estimate of drug-likeness (QED) is 0.658. The smallest absolute Gasteiger partial charge is 0.269 e. The highest BCUT2D eigenvalue weighted by atomic mass is 35.5. The molecule has 0 aliphatic carbocycles. The molecule has 2 N–H and O–H groups in total. The molecule has 1 aromatic rings. The van der Waals surface area contributed by atoms with Gasteiger partial charge < -0.3 is 10.6 Å². The predicted octanol–water partition coefficient (Wildman–Crippen LogP) is 2.04. The fourth-order valence-electron chi connectivity index (χ4n) is 2.86. The monoisotopic (exact) mass is 356 g/mol. The Morgan fingerprint density at radius 3 is 2.50 bits per heavy atom. The van der Waals surface area contributed by atoms with Gasteiger partial charge in [-0.3, -0.25) is 19.8 Å². The number of non-ortho nitro benzene ring substituents is 1. The molecule has 0 radical (unpaired) electrons. The number of nitrogens with two attached hydrogens (primary N) is 1. The van der Waals surface area contributed by atoms with Crippen LogP contribution in [-0.2, 0) is 4.79 Å². The summed E-state index contributed by atoms with van der Waals surface area (Å²) < 4.78 is 0. The molecule has 0 bridgehead atoms. The first-order valence-corrected chi connectivity index (χ1v) is 7.69. The summed E-state index contributed by atoms with van der Waals surface area (Å²) in [6, 6.07) is 6.14. The van der Waals surface area contributed by atoms with Crippen molar-refractivity contribution in [2.24, 2.45) is 11.1 Å². The Morgan fingerprint density at radius 2 is 2.00 bits per heavy atom. The largest absolute Gasteiger partial charge is 0.327 e. The lowest BCUT2D eigenvalue weighted by molar-refractivity contribution is -0.384. The summed E-state index contributed by atoms with van der Waals surface area (Å²) in [5.74, 6) is -0.0369. The molecule has 1 aromatic carbocycles. The van der Waals surface area contributed by atoms with E-state index in [1.807, 2.05) is 0 Å². The van der Waals surface area contributed by atoms with E-state index in [-0.39, 0.29) is 35.5 Å². The van der Waals surface area contributed by atoms with Crippen LogP contribution in [0.15, 0.2) is 24.3 Å². The molecular formula is C16H25ClN4O3. The number of piperidine rings is 1. The first kappa shape index (κ1) is 20.3. The molecule has 0 saturated carbocycles. The minimum absolute atomic E-state index is 0. The molecular weight excluding hydrogens is 332 g/mol. The topological polar surface area (TPSA) is 92.7 Å². The first-order valence-electron chi connectivity index (χ1n) is 7.69. The number of carbonyl (C=O) groups is 1. The van der Waals surface area contributed by atoms with Crippen LogP contribution < -0.4 is 10.6 Å². The minimum Gasteiger partial charge on any atom is -0.327 e. The number of likely N-dealkylation sites (N-methyl/N-ethyl adjacent to an activating group) is 1.